The molecule has 118 valence electrons. The second kappa shape index (κ2) is 6.91. The Kier molecular flexibility index (Phi) is 4.70. The van der Waals surface area contributed by atoms with Crippen molar-refractivity contribution in [2.75, 3.05) is 0 Å². The summed E-state index contributed by atoms with van der Waals surface area (Å²) in [6.45, 7) is 0. The summed E-state index contributed by atoms with van der Waals surface area (Å²) in [5, 5.41) is 10.3. The minimum absolute atomic E-state index is 0.346. The molecule has 1 heterocycles. The van der Waals surface area contributed by atoms with E-state index >= 15 is 0 Å². The maximum atomic E-state index is 12.9. The maximum absolute atomic E-state index is 12.9. The average Bonchev–Trinajstić information content (AvgIpc) is 2.97. The lowest BCUT2D eigenvalue weighted by Crippen LogP contribution is -2.07. The van der Waals surface area contributed by atoms with Crippen molar-refractivity contribution in [2.45, 2.75) is 5.92 Å². The highest BCUT2D eigenvalue weighted by molar-refractivity contribution is 7.18. The Labute approximate surface area is 146 Å². The summed E-state index contributed by atoms with van der Waals surface area (Å²) < 4.78 is 13.7. The Bertz CT molecular complexity index is 973. The Hall–Kier alpha value is -2.55. The lowest BCUT2D eigenvalue weighted by Gasteiger charge is -2.00. The predicted molar refractivity (Wildman–Crippen MR) is 93.4 cm³/mol. The van der Waals surface area contributed by atoms with Crippen LogP contribution in [0.25, 0.3) is 16.3 Å². The standard InChI is InChI=1S/C18H10ClFN2OS/c19-12-4-8-17-15(9-12)22-18(24-17)14(10-21)16(23)7-3-11-1-5-13(20)6-2-11/h1-9,14H. The van der Waals surface area contributed by atoms with Crippen LogP contribution in [0.5, 0.6) is 0 Å². The molecule has 3 nitrogen and oxygen atoms in total. The molecule has 0 amide bonds. The number of thiazole rings is 1. The quantitative estimate of drug-likeness (QED) is 0.619. The molecule has 1 atom stereocenters. The normalized spacial score (nSPS) is 12.4. The zero-order valence-electron chi connectivity index (χ0n) is 12.2. The summed E-state index contributed by atoms with van der Waals surface area (Å²) >= 11 is 7.22. The highest BCUT2D eigenvalue weighted by atomic mass is 35.5. The fourth-order valence-electron chi connectivity index (χ4n) is 2.13. The van der Waals surface area contributed by atoms with Crippen molar-refractivity contribution in [3.8, 4) is 6.07 Å². The molecule has 3 aromatic rings. The molecule has 2 aromatic carbocycles. The Morgan fingerprint density at radius 1 is 1.29 bits per heavy atom. The number of nitriles is 1. The predicted octanol–water partition coefficient (Wildman–Crippen LogP) is 4.98. The van der Waals surface area contributed by atoms with Crippen molar-refractivity contribution in [1.29, 1.82) is 5.26 Å². The summed E-state index contributed by atoms with van der Waals surface area (Å²) in [7, 11) is 0. The van der Waals surface area contributed by atoms with Crippen molar-refractivity contribution in [3.63, 3.8) is 0 Å². The maximum Gasteiger partial charge on any atom is 0.179 e. The van der Waals surface area contributed by atoms with Gasteiger partial charge < -0.3 is 0 Å². The molecule has 0 aliphatic rings. The van der Waals surface area contributed by atoms with E-state index in [1.807, 2.05) is 12.1 Å². The lowest BCUT2D eigenvalue weighted by atomic mass is 10.1. The summed E-state index contributed by atoms with van der Waals surface area (Å²) in [5.74, 6) is -1.69. The summed E-state index contributed by atoms with van der Waals surface area (Å²) in [5.41, 5.74) is 1.34. The Balaban J connectivity index is 1.85. The molecule has 0 N–H and O–H groups in total. The van der Waals surface area contributed by atoms with Crippen molar-refractivity contribution >= 4 is 45.0 Å². The third kappa shape index (κ3) is 3.51. The molecule has 0 spiro atoms. The zero-order chi connectivity index (χ0) is 17.1. The molecule has 1 unspecified atom stereocenters. The van der Waals surface area contributed by atoms with Crippen LogP contribution in [0, 0.1) is 17.1 Å². The molecule has 6 heteroatoms. The number of hydrogen-bond donors (Lipinski definition) is 0. The molecule has 0 saturated carbocycles. The highest BCUT2D eigenvalue weighted by Crippen LogP contribution is 2.30. The number of allylic oxidation sites excluding steroid dienone is 1. The Morgan fingerprint density at radius 3 is 2.75 bits per heavy atom. The molecule has 0 radical (unpaired) electrons. The summed E-state index contributed by atoms with van der Waals surface area (Å²) in [6, 6.07) is 13.0. The van der Waals surface area contributed by atoms with Gasteiger partial charge in [-0.05, 0) is 42.0 Å². The number of fused-ring (bicyclic) bond motifs is 1. The van der Waals surface area contributed by atoms with Crippen LogP contribution >= 0.6 is 22.9 Å². The fraction of sp³-hybridized carbons (Fsp3) is 0.0556. The van der Waals surface area contributed by atoms with Crippen molar-refractivity contribution in [2.24, 2.45) is 0 Å². The van der Waals surface area contributed by atoms with Crippen LogP contribution in [-0.4, -0.2) is 10.8 Å². The third-order valence-corrected chi connectivity index (χ3v) is 4.67. The van der Waals surface area contributed by atoms with E-state index in [2.05, 4.69) is 4.98 Å². The number of halogens is 2. The number of aromatic nitrogens is 1. The first-order valence-corrected chi connectivity index (χ1v) is 8.19. The topological polar surface area (TPSA) is 53.8 Å². The number of hydrogen-bond acceptors (Lipinski definition) is 4. The molecule has 3 rings (SSSR count). The van der Waals surface area contributed by atoms with Crippen LogP contribution < -0.4 is 0 Å². The van der Waals surface area contributed by atoms with Crippen molar-refractivity contribution in [1.82, 2.24) is 4.98 Å². The lowest BCUT2D eigenvalue weighted by molar-refractivity contribution is -0.114. The van der Waals surface area contributed by atoms with Gasteiger partial charge in [-0.3, -0.25) is 4.79 Å². The van der Waals surface area contributed by atoms with Gasteiger partial charge in [-0.2, -0.15) is 5.26 Å². The number of carbonyl (C=O) groups is 1. The van der Waals surface area contributed by atoms with Gasteiger partial charge in [0, 0.05) is 5.02 Å². The first-order chi connectivity index (χ1) is 11.6. The van der Waals surface area contributed by atoms with Crippen molar-refractivity contribution < 1.29 is 9.18 Å². The summed E-state index contributed by atoms with van der Waals surface area (Å²) in [4.78, 5) is 16.7. The van der Waals surface area contributed by atoms with E-state index in [0.717, 1.165) is 4.70 Å². The minimum atomic E-state index is -0.974. The van der Waals surface area contributed by atoms with Gasteiger partial charge in [0.05, 0.1) is 16.3 Å². The molecule has 0 aliphatic carbocycles. The first-order valence-electron chi connectivity index (χ1n) is 7.00. The van der Waals surface area contributed by atoms with Crippen LogP contribution in [0.2, 0.25) is 5.02 Å². The second-order valence-electron chi connectivity index (χ2n) is 5.01. The average molecular weight is 357 g/mol. The van der Waals surface area contributed by atoms with E-state index in [1.54, 1.807) is 30.3 Å². The van der Waals surface area contributed by atoms with E-state index in [0.29, 0.717) is 21.1 Å². The van der Waals surface area contributed by atoms with E-state index < -0.39 is 5.92 Å². The smallest absolute Gasteiger partial charge is 0.179 e. The van der Waals surface area contributed by atoms with Gasteiger partial charge in [0.2, 0.25) is 0 Å². The van der Waals surface area contributed by atoms with Crippen molar-refractivity contribution in [3.05, 3.63) is 70.0 Å². The molecule has 24 heavy (non-hydrogen) atoms. The molecule has 0 bridgehead atoms. The van der Waals surface area contributed by atoms with Crippen LogP contribution in [0.3, 0.4) is 0 Å². The van der Waals surface area contributed by atoms with Crippen LogP contribution in [-0.2, 0) is 4.79 Å². The van der Waals surface area contributed by atoms with Gasteiger partial charge in [0.25, 0.3) is 0 Å². The van der Waals surface area contributed by atoms with Gasteiger partial charge in [-0.1, -0.05) is 29.8 Å². The molecule has 0 aliphatic heterocycles. The van der Waals surface area contributed by atoms with Gasteiger partial charge in [0.1, 0.15) is 10.8 Å². The minimum Gasteiger partial charge on any atom is -0.293 e. The molecule has 0 saturated heterocycles. The SMILES string of the molecule is N#CC(C(=O)C=Cc1ccc(F)cc1)c1nc2cc(Cl)ccc2s1. The van der Waals surface area contributed by atoms with Gasteiger partial charge in [0.15, 0.2) is 11.7 Å². The fourth-order valence-corrected chi connectivity index (χ4v) is 3.30. The van der Waals surface area contributed by atoms with Crippen LogP contribution in [0.1, 0.15) is 16.5 Å². The number of benzene rings is 2. The molecule has 1 aromatic heterocycles. The number of nitrogens with zero attached hydrogens (tertiary/aromatic N) is 2. The largest absolute Gasteiger partial charge is 0.293 e. The monoisotopic (exact) mass is 356 g/mol. The number of carbonyl (C=O) groups excluding carboxylic acids is 1. The van der Waals surface area contributed by atoms with Gasteiger partial charge in [-0.15, -0.1) is 11.3 Å². The van der Waals surface area contributed by atoms with E-state index in [-0.39, 0.29) is 11.6 Å². The molecular weight excluding hydrogens is 347 g/mol. The highest BCUT2D eigenvalue weighted by Gasteiger charge is 2.22. The second-order valence-corrected chi connectivity index (χ2v) is 6.51. The number of rotatable bonds is 4. The Morgan fingerprint density at radius 2 is 2.04 bits per heavy atom. The zero-order valence-corrected chi connectivity index (χ0v) is 13.8. The van der Waals surface area contributed by atoms with Crippen LogP contribution in [0.4, 0.5) is 4.39 Å². The molecular formula is C18H10ClFN2OS. The van der Waals surface area contributed by atoms with Gasteiger partial charge in [-0.25, -0.2) is 9.37 Å². The third-order valence-electron chi connectivity index (χ3n) is 3.34. The van der Waals surface area contributed by atoms with E-state index in [4.69, 9.17) is 11.6 Å². The molecule has 0 fully saturated rings. The summed E-state index contributed by atoms with van der Waals surface area (Å²) in [6.07, 6.45) is 2.87. The van der Waals surface area contributed by atoms with Crippen LogP contribution in [0.15, 0.2) is 48.5 Å². The first kappa shape index (κ1) is 16.3. The number of ketones is 1. The van der Waals surface area contributed by atoms with E-state index in [1.165, 1.54) is 29.5 Å². The van der Waals surface area contributed by atoms with Gasteiger partial charge >= 0.3 is 0 Å². The van der Waals surface area contributed by atoms with E-state index in [9.17, 15) is 14.4 Å².